The lowest BCUT2D eigenvalue weighted by atomic mass is 9.90. The summed E-state index contributed by atoms with van der Waals surface area (Å²) in [6.07, 6.45) is 2.13. The minimum atomic E-state index is -0.367. The second-order valence-corrected chi connectivity index (χ2v) is 6.77. The number of carbonyl (C=O) groups is 2. The van der Waals surface area contributed by atoms with Gasteiger partial charge in [-0.1, -0.05) is 35.5 Å². The van der Waals surface area contributed by atoms with Crippen molar-refractivity contribution in [2.75, 3.05) is 18.6 Å². The average Bonchev–Trinajstić information content (AvgIpc) is 3.22. The first kappa shape index (κ1) is 17.9. The summed E-state index contributed by atoms with van der Waals surface area (Å²) >= 11 is 0. The molecule has 0 bridgehead atoms. The largest absolute Gasteiger partial charge is 0.469 e. The molecule has 0 saturated carbocycles. The molecule has 0 unspecified atom stereocenters. The highest BCUT2D eigenvalue weighted by Gasteiger charge is 2.34. The molecule has 7 heteroatoms. The first-order valence-corrected chi connectivity index (χ1v) is 9.06. The number of aryl methyl sites for hydroxylation is 1. The highest BCUT2D eigenvalue weighted by molar-refractivity contribution is 6.06. The van der Waals surface area contributed by atoms with Crippen LogP contribution in [0.3, 0.4) is 0 Å². The summed E-state index contributed by atoms with van der Waals surface area (Å²) in [4.78, 5) is 26.9. The monoisotopic (exact) mass is 376 g/mol. The number of hydrogen-bond acceptors (Lipinski definition) is 5. The van der Waals surface area contributed by atoms with Crippen LogP contribution in [0.15, 0.2) is 54.7 Å². The van der Waals surface area contributed by atoms with Crippen LogP contribution in [0.2, 0.25) is 0 Å². The van der Waals surface area contributed by atoms with E-state index in [1.165, 1.54) is 7.11 Å². The Bertz CT molecular complexity index is 1040. The quantitative estimate of drug-likeness (QED) is 0.657. The van der Waals surface area contributed by atoms with Crippen LogP contribution >= 0.6 is 0 Å². The zero-order chi connectivity index (χ0) is 19.7. The van der Waals surface area contributed by atoms with E-state index in [1.54, 1.807) is 15.8 Å². The van der Waals surface area contributed by atoms with E-state index >= 15 is 0 Å². The standard InChI is InChI=1S/C21H20N4O3/c1-14-6-5-7-15(12-14)25-13-18(22-23-25)20(26)24-11-10-17(21(27)28-2)16-8-3-4-9-19(16)24/h3-9,12-13,17H,10-11H2,1-2H3/t17-/m1/s1. The molecule has 28 heavy (non-hydrogen) atoms. The van der Waals surface area contributed by atoms with E-state index in [0.717, 1.165) is 16.8 Å². The molecule has 0 spiro atoms. The predicted octanol–water partition coefficient (Wildman–Crippen LogP) is 2.88. The molecule has 1 aliphatic heterocycles. The van der Waals surface area contributed by atoms with Crippen molar-refractivity contribution in [3.05, 3.63) is 71.5 Å². The van der Waals surface area contributed by atoms with Gasteiger partial charge in [0.1, 0.15) is 0 Å². The number of benzene rings is 2. The van der Waals surface area contributed by atoms with E-state index in [9.17, 15) is 9.59 Å². The molecule has 0 aliphatic carbocycles. The van der Waals surface area contributed by atoms with Crippen LogP contribution in [0.5, 0.6) is 0 Å². The molecule has 4 rings (SSSR count). The number of anilines is 1. The van der Waals surface area contributed by atoms with Crippen LogP contribution in [0.25, 0.3) is 5.69 Å². The summed E-state index contributed by atoms with van der Waals surface area (Å²) in [5, 5.41) is 8.17. The maximum atomic E-state index is 13.1. The molecule has 3 aromatic rings. The van der Waals surface area contributed by atoms with Gasteiger partial charge in [0, 0.05) is 12.2 Å². The van der Waals surface area contributed by atoms with E-state index in [-0.39, 0.29) is 23.5 Å². The van der Waals surface area contributed by atoms with Gasteiger partial charge in [0.05, 0.1) is 24.9 Å². The molecular weight excluding hydrogens is 356 g/mol. The third-order valence-corrected chi connectivity index (χ3v) is 4.95. The zero-order valence-electron chi connectivity index (χ0n) is 15.7. The van der Waals surface area contributed by atoms with Crippen molar-refractivity contribution in [1.29, 1.82) is 0 Å². The number of methoxy groups -OCH3 is 1. The molecular formula is C21H20N4O3. The van der Waals surface area contributed by atoms with Crippen LogP contribution in [0, 0.1) is 6.92 Å². The number of para-hydroxylation sites is 1. The van der Waals surface area contributed by atoms with Crippen molar-refractivity contribution < 1.29 is 14.3 Å². The van der Waals surface area contributed by atoms with E-state index in [4.69, 9.17) is 4.74 Å². The molecule has 7 nitrogen and oxygen atoms in total. The smallest absolute Gasteiger partial charge is 0.313 e. The van der Waals surface area contributed by atoms with Gasteiger partial charge in [-0.25, -0.2) is 4.68 Å². The molecule has 1 aliphatic rings. The lowest BCUT2D eigenvalue weighted by Gasteiger charge is -2.32. The molecule has 0 fully saturated rings. The topological polar surface area (TPSA) is 77.3 Å². The van der Waals surface area contributed by atoms with Gasteiger partial charge in [-0.2, -0.15) is 0 Å². The number of amides is 1. The van der Waals surface area contributed by atoms with Gasteiger partial charge in [-0.05, 0) is 42.7 Å². The summed E-state index contributed by atoms with van der Waals surface area (Å²) < 4.78 is 6.51. The molecule has 2 heterocycles. The van der Waals surface area contributed by atoms with Crippen molar-refractivity contribution in [2.24, 2.45) is 0 Å². The van der Waals surface area contributed by atoms with E-state index in [2.05, 4.69) is 10.3 Å². The van der Waals surface area contributed by atoms with E-state index in [1.807, 2.05) is 55.5 Å². The Hall–Kier alpha value is -3.48. The summed E-state index contributed by atoms with van der Waals surface area (Å²) in [5.74, 6) is -0.896. The van der Waals surface area contributed by atoms with Gasteiger partial charge in [0.25, 0.3) is 5.91 Å². The van der Waals surface area contributed by atoms with Crippen LogP contribution in [0.4, 0.5) is 5.69 Å². The second kappa shape index (κ2) is 7.26. The van der Waals surface area contributed by atoms with E-state index in [0.29, 0.717) is 18.7 Å². The molecule has 1 amide bonds. The molecule has 2 aromatic carbocycles. The van der Waals surface area contributed by atoms with Crippen LogP contribution in [-0.4, -0.2) is 40.5 Å². The van der Waals surface area contributed by atoms with Gasteiger partial charge >= 0.3 is 5.97 Å². The summed E-state index contributed by atoms with van der Waals surface area (Å²) in [6, 6.07) is 15.2. The SMILES string of the molecule is COC(=O)[C@@H]1CCN(C(=O)c2cn(-c3cccc(C)c3)nn2)c2ccccc21. The van der Waals surface area contributed by atoms with Crippen LogP contribution in [-0.2, 0) is 9.53 Å². The van der Waals surface area contributed by atoms with Crippen LogP contribution < -0.4 is 4.90 Å². The summed E-state index contributed by atoms with van der Waals surface area (Å²) in [7, 11) is 1.38. The Morgan fingerprint density at radius 2 is 1.96 bits per heavy atom. The lowest BCUT2D eigenvalue weighted by Crippen LogP contribution is -2.38. The fourth-order valence-corrected chi connectivity index (χ4v) is 3.56. The maximum Gasteiger partial charge on any atom is 0.313 e. The van der Waals surface area contributed by atoms with Crippen molar-refractivity contribution >= 4 is 17.6 Å². The Kier molecular flexibility index (Phi) is 4.65. The number of aromatic nitrogens is 3. The van der Waals surface area contributed by atoms with Crippen molar-refractivity contribution in [2.45, 2.75) is 19.3 Å². The Balaban J connectivity index is 1.65. The minimum Gasteiger partial charge on any atom is -0.469 e. The van der Waals surface area contributed by atoms with Gasteiger partial charge in [-0.15, -0.1) is 5.10 Å². The molecule has 1 atom stereocenters. The summed E-state index contributed by atoms with van der Waals surface area (Å²) in [5.41, 5.74) is 3.70. The molecule has 142 valence electrons. The number of ether oxygens (including phenoxy) is 1. The lowest BCUT2D eigenvalue weighted by molar-refractivity contribution is -0.142. The Labute approximate surface area is 162 Å². The third-order valence-electron chi connectivity index (χ3n) is 4.95. The second-order valence-electron chi connectivity index (χ2n) is 6.77. The first-order chi connectivity index (χ1) is 13.6. The highest BCUT2D eigenvalue weighted by Crippen LogP contribution is 2.36. The van der Waals surface area contributed by atoms with Crippen molar-refractivity contribution in [1.82, 2.24) is 15.0 Å². The fourth-order valence-electron chi connectivity index (χ4n) is 3.56. The third kappa shape index (κ3) is 3.15. The van der Waals surface area contributed by atoms with E-state index < -0.39 is 0 Å². The maximum absolute atomic E-state index is 13.1. The number of nitrogens with zero attached hydrogens (tertiary/aromatic N) is 4. The van der Waals surface area contributed by atoms with Crippen molar-refractivity contribution in [3.8, 4) is 5.69 Å². The molecule has 0 radical (unpaired) electrons. The zero-order valence-corrected chi connectivity index (χ0v) is 15.7. The molecule has 0 N–H and O–H groups in total. The number of hydrogen-bond donors (Lipinski definition) is 0. The molecule has 1 aromatic heterocycles. The predicted molar refractivity (Wildman–Crippen MR) is 104 cm³/mol. The highest BCUT2D eigenvalue weighted by atomic mass is 16.5. The van der Waals surface area contributed by atoms with Gasteiger partial charge < -0.3 is 9.64 Å². The van der Waals surface area contributed by atoms with Gasteiger partial charge in [0.15, 0.2) is 5.69 Å². The Morgan fingerprint density at radius 3 is 2.75 bits per heavy atom. The van der Waals surface area contributed by atoms with Gasteiger partial charge in [-0.3, -0.25) is 9.59 Å². The van der Waals surface area contributed by atoms with Crippen molar-refractivity contribution in [3.63, 3.8) is 0 Å². The van der Waals surface area contributed by atoms with Crippen LogP contribution in [0.1, 0.15) is 34.0 Å². The minimum absolute atomic E-state index is 0.241. The normalized spacial score (nSPS) is 15.8. The number of fused-ring (bicyclic) bond motifs is 1. The average molecular weight is 376 g/mol. The Morgan fingerprint density at radius 1 is 1.14 bits per heavy atom. The van der Waals surface area contributed by atoms with Gasteiger partial charge in [0.2, 0.25) is 0 Å². The number of rotatable bonds is 3. The first-order valence-electron chi connectivity index (χ1n) is 9.06. The fraction of sp³-hybridized carbons (Fsp3) is 0.238. The number of esters is 1. The summed E-state index contributed by atoms with van der Waals surface area (Å²) in [6.45, 7) is 2.40. The number of carbonyl (C=O) groups excluding carboxylic acids is 2. The molecule has 0 saturated heterocycles.